The molecular weight excluding hydrogens is 314 g/mol. The van der Waals surface area contributed by atoms with Crippen LogP contribution >= 0.6 is 0 Å². The summed E-state index contributed by atoms with van der Waals surface area (Å²) in [6.45, 7) is 5.04. The lowest BCUT2D eigenvalue weighted by atomic mass is 9.89. The molecule has 2 aromatic carbocycles. The van der Waals surface area contributed by atoms with E-state index in [0.29, 0.717) is 6.61 Å². The number of carbonyl (C=O) groups is 1. The van der Waals surface area contributed by atoms with Crippen LogP contribution in [0.15, 0.2) is 54.6 Å². The summed E-state index contributed by atoms with van der Waals surface area (Å²) in [5, 5.41) is 0. The van der Waals surface area contributed by atoms with Gasteiger partial charge in [0.15, 0.2) is 0 Å². The van der Waals surface area contributed by atoms with Crippen LogP contribution < -0.4 is 4.74 Å². The zero-order chi connectivity index (χ0) is 17.6. The Morgan fingerprint density at radius 2 is 1.80 bits per heavy atom. The van der Waals surface area contributed by atoms with Gasteiger partial charge in [0.2, 0.25) is 0 Å². The van der Waals surface area contributed by atoms with E-state index < -0.39 is 0 Å². The van der Waals surface area contributed by atoms with Crippen LogP contribution in [0, 0.1) is 5.92 Å². The van der Waals surface area contributed by atoms with E-state index in [0.717, 1.165) is 30.9 Å². The van der Waals surface area contributed by atoms with Crippen LogP contribution in [0.4, 0.5) is 0 Å². The van der Waals surface area contributed by atoms with Gasteiger partial charge in [-0.2, -0.15) is 0 Å². The third kappa shape index (κ3) is 4.20. The van der Waals surface area contributed by atoms with E-state index in [9.17, 15) is 4.79 Å². The first kappa shape index (κ1) is 17.5. The van der Waals surface area contributed by atoms with Gasteiger partial charge in [0.25, 0.3) is 0 Å². The summed E-state index contributed by atoms with van der Waals surface area (Å²) < 4.78 is 10.6. The third-order valence-electron chi connectivity index (χ3n) is 4.77. The monoisotopic (exact) mass is 339 g/mol. The summed E-state index contributed by atoms with van der Waals surface area (Å²) in [7, 11) is 1.47. The fourth-order valence-electron chi connectivity index (χ4n) is 3.56. The summed E-state index contributed by atoms with van der Waals surface area (Å²) in [6.07, 6.45) is 0. The summed E-state index contributed by atoms with van der Waals surface area (Å²) in [4.78, 5) is 14.6. The van der Waals surface area contributed by atoms with Crippen LogP contribution in [-0.2, 0) is 16.1 Å². The number of benzene rings is 2. The summed E-state index contributed by atoms with van der Waals surface area (Å²) in [5.41, 5.74) is 2.42. The Balaban J connectivity index is 1.76. The molecule has 0 N–H and O–H groups in total. The molecule has 0 bridgehead atoms. The zero-order valence-corrected chi connectivity index (χ0v) is 14.9. The molecule has 3 rings (SSSR count). The van der Waals surface area contributed by atoms with Gasteiger partial charge in [0, 0.05) is 25.6 Å². The standard InChI is InChI=1S/C21H25NO3/c1-3-25-18-11-9-17(10-12-18)19-14-22(15-20(19)21(23)24-2)13-16-7-5-4-6-8-16/h4-12,19-20H,3,13-15H2,1-2H3. The second kappa shape index (κ2) is 8.17. The van der Waals surface area contributed by atoms with E-state index in [4.69, 9.17) is 9.47 Å². The quantitative estimate of drug-likeness (QED) is 0.756. The Hall–Kier alpha value is -2.33. The summed E-state index contributed by atoms with van der Waals surface area (Å²) in [5.74, 6) is 0.743. The van der Waals surface area contributed by atoms with E-state index in [1.807, 2.05) is 37.3 Å². The number of nitrogens with zero attached hydrogens (tertiary/aromatic N) is 1. The highest BCUT2D eigenvalue weighted by Crippen LogP contribution is 2.35. The maximum absolute atomic E-state index is 12.3. The first-order chi connectivity index (χ1) is 12.2. The maximum atomic E-state index is 12.3. The molecule has 0 spiro atoms. The van der Waals surface area contributed by atoms with Gasteiger partial charge >= 0.3 is 5.97 Å². The summed E-state index contributed by atoms with van der Waals surface area (Å²) in [6, 6.07) is 18.5. The molecular formula is C21H25NO3. The van der Waals surface area contributed by atoms with E-state index in [1.54, 1.807) is 0 Å². The average Bonchev–Trinajstić information content (AvgIpc) is 3.06. The molecule has 0 radical (unpaired) electrons. The number of carbonyl (C=O) groups excluding carboxylic acids is 1. The number of likely N-dealkylation sites (tertiary alicyclic amines) is 1. The van der Waals surface area contributed by atoms with Crippen molar-refractivity contribution in [2.24, 2.45) is 5.92 Å². The molecule has 1 fully saturated rings. The molecule has 0 saturated carbocycles. The summed E-state index contributed by atoms with van der Waals surface area (Å²) >= 11 is 0. The minimum absolute atomic E-state index is 0.130. The number of rotatable bonds is 6. The molecule has 1 aliphatic rings. The molecule has 0 aromatic heterocycles. The molecule has 2 unspecified atom stereocenters. The van der Waals surface area contributed by atoms with Crippen LogP contribution in [0.5, 0.6) is 5.75 Å². The van der Waals surface area contributed by atoms with Gasteiger partial charge in [-0.25, -0.2) is 0 Å². The Kier molecular flexibility index (Phi) is 5.71. The third-order valence-corrected chi connectivity index (χ3v) is 4.77. The Morgan fingerprint density at radius 1 is 1.08 bits per heavy atom. The normalized spacial score (nSPS) is 20.4. The van der Waals surface area contributed by atoms with Gasteiger partial charge in [-0.3, -0.25) is 9.69 Å². The molecule has 0 amide bonds. The van der Waals surface area contributed by atoms with E-state index in [1.165, 1.54) is 12.7 Å². The maximum Gasteiger partial charge on any atom is 0.310 e. The van der Waals surface area contributed by atoms with Crippen molar-refractivity contribution in [2.75, 3.05) is 26.8 Å². The van der Waals surface area contributed by atoms with E-state index in [2.05, 4.69) is 29.2 Å². The van der Waals surface area contributed by atoms with Crippen molar-refractivity contribution in [3.63, 3.8) is 0 Å². The molecule has 1 saturated heterocycles. The van der Waals surface area contributed by atoms with Crippen molar-refractivity contribution in [3.8, 4) is 5.75 Å². The SMILES string of the molecule is CCOc1ccc(C2CN(Cc3ccccc3)CC2C(=O)OC)cc1. The van der Waals surface area contributed by atoms with Gasteiger partial charge < -0.3 is 9.47 Å². The topological polar surface area (TPSA) is 38.8 Å². The second-order valence-corrected chi connectivity index (χ2v) is 6.42. The number of hydrogen-bond acceptors (Lipinski definition) is 4. The van der Waals surface area contributed by atoms with Crippen molar-refractivity contribution in [1.82, 2.24) is 4.90 Å². The molecule has 1 heterocycles. The molecule has 25 heavy (non-hydrogen) atoms. The number of hydrogen-bond donors (Lipinski definition) is 0. The van der Waals surface area contributed by atoms with Crippen molar-refractivity contribution in [2.45, 2.75) is 19.4 Å². The molecule has 1 aliphatic heterocycles. The van der Waals surface area contributed by atoms with Gasteiger partial charge in [0.05, 0.1) is 19.6 Å². The largest absolute Gasteiger partial charge is 0.494 e. The highest BCUT2D eigenvalue weighted by molar-refractivity contribution is 5.74. The molecule has 2 aromatic rings. The molecule has 4 heteroatoms. The van der Waals surface area contributed by atoms with Gasteiger partial charge in [-0.1, -0.05) is 42.5 Å². The zero-order valence-electron chi connectivity index (χ0n) is 14.9. The van der Waals surface area contributed by atoms with Crippen molar-refractivity contribution in [1.29, 1.82) is 0 Å². The van der Waals surface area contributed by atoms with Crippen LogP contribution in [0.1, 0.15) is 24.0 Å². The van der Waals surface area contributed by atoms with Gasteiger partial charge in [-0.05, 0) is 30.2 Å². The van der Waals surface area contributed by atoms with E-state index >= 15 is 0 Å². The fourth-order valence-corrected chi connectivity index (χ4v) is 3.56. The Morgan fingerprint density at radius 3 is 2.44 bits per heavy atom. The lowest BCUT2D eigenvalue weighted by molar-refractivity contribution is -0.145. The Bertz CT molecular complexity index is 684. The molecule has 0 aliphatic carbocycles. The second-order valence-electron chi connectivity index (χ2n) is 6.42. The average molecular weight is 339 g/mol. The number of methoxy groups -OCH3 is 1. The first-order valence-corrected chi connectivity index (χ1v) is 8.78. The van der Waals surface area contributed by atoms with Crippen LogP contribution in [-0.4, -0.2) is 37.7 Å². The van der Waals surface area contributed by atoms with Crippen LogP contribution in [0.2, 0.25) is 0 Å². The lowest BCUT2D eigenvalue weighted by Crippen LogP contribution is -2.24. The van der Waals surface area contributed by atoms with Crippen LogP contribution in [0.25, 0.3) is 0 Å². The highest BCUT2D eigenvalue weighted by Gasteiger charge is 2.39. The van der Waals surface area contributed by atoms with Gasteiger partial charge in [-0.15, -0.1) is 0 Å². The number of ether oxygens (including phenoxy) is 2. The number of esters is 1. The van der Waals surface area contributed by atoms with E-state index in [-0.39, 0.29) is 17.8 Å². The van der Waals surface area contributed by atoms with Crippen LogP contribution in [0.3, 0.4) is 0 Å². The van der Waals surface area contributed by atoms with Crippen molar-refractivity contribution in [3.05, 3.63) is 65.7 Å². The van der Waals surface area contributed by atoms with Gasteiger partial charge in [0.1, 0.15) is 5.75 Å². The highest BCUT2D eigenvalue weighted by atomic mass is 16.5. The molecule has 132 valence electrons. The smallest absolute Gasteiger partial charge is 0.310 e. The predicted molar refractivity (Wildman–Crippen MR) is 97.6 cm³/mol. The molecule has 2 atom stereocenters. The minimum atomic E-state index is -0.133. The Labute approximate surface area is 149 Å². The van der Waals surface area contributed by atoms with Crippen molar-refractivity contribution >= 4 is 5.97 Å². The predicted octanol–water partition coefficient (Wildman–Crippen LogP) is 3.47. The first-order valence-electron chi connectivity index (χ1n) is 8.78. The molecule has 4 nitrogen and oxygen atoms in total. The fraction of sp³-hybridized carbons (Fsp3) is 0.381. The lowest BCUT2D eigenvalue weighted by Gasteiger charge is -2.17. The minimum Gasteiger partial charge on any atom is -0.494 e. The van der Waals surface area contributed by atoms with Crippen molar-refractivity contribution < 1.29 is 14.3 Å².